The SMILES string of the molecule is O=C(N/N=C\c1cn(-c2ccccc2)nc1-c1cccc([N+](=O)[O-])c1)c1ccccc1. The highest BCUT2D eigenvalue weighted by Gasteiger charge is 2.14. The fraction of sp³-hybridized carbons (Fsp3) is 0. The van der Waals surface area contributed by atoms with Gasteiger partial charge in [-0.2, -0.15) is 10.2 Å². The minimum absolute atomic E-state index is 0.0352. The molecule has 0 saturated heterocycles. The van der Waals surface area contributed by atoms with Gasteiger partial charge in [-0.25, -0.2) is 10.1 Å². The zero-order valence-corrected chi connectivity index (χ0v) is 16.3. The lowest BCUT2D eigenvalue weighted by Gasteiger charge is -2.01. The second-order valence-corrected chi connectivity index (χ2v) is 6.59. The quantitative estimate of drug-likeness (QED) is 0.292. The Morgan fingerprint density at radius 2 is 1.71 bits per heavy atom. The van der Waals surface area contributed by atoms with E-state index >= 15 is 0 Å². The van der Waals surface area contributed by atoms with Gasteiger partial charge in [-0.15, -0.1) is 0 Å². The first-order valence-corrected chi connectivity index (χ1v) is 9.40. The van der Waals surface area contributed by atoms with Gasteiger partial charge in [-0.3, -0.25) is 14.9 Å². The first-order valence-electron chi connectivity index (χ1n) is 9.40. The highest BCUT2D eigenvalue weighted by Crippen LogP contribution is 2.26. The van der Waals surface area contributed by atoms with Gasteiger partial charge in [-0.1, -0.05) is 48.5 Å². The molecule has 0 spiro atoms. The first-order chi connectivity index (χ1) is 15.1. The maximum atomic E-state index is 12.2. The Labute approximate surface area is 177 Å². The van der Waals surface area contributed by atoms with Crippen molar-refractivity contribution >= 4 is 17.8 Å². The fourth-order valence-electron chi connectivity index (χ4n) is 3.00. The van der Waals surface area contributed by atoms with E-state index in [0.717, 1.165) is 5.69 Å². The van der Waals surface area contributed by atoms with Crippen LogP contribution in [-0.4, -0.2) is 26.8 Å². The highest BCUT2D eigenvalue weighted by molar-refractivity contribution is 5.95. The van der Waals surface area contributed by atoms with Crippen LogP contribution in [0.2, 0.25) is 0 Å². The molecule has 0 aliphatic heterocycles. The van der Waals surface area contributed by atoms with Crippen LogP contribution < -0.4 is 5.43 Å². The van der Waals surface area contributed by atoms with Gasteiger partial charge in [0.15, 0.2) is 0 Å². The maximum absolute atomic E-state index is 12.2. The minimum Gasteiger partial charge on any atom is -0.267 e. The molecular weight excluding hydrogens is 394 g/mol. The normalized spacial score (nSPS) is 10.8. The summed E-state index contributed by atoms with van der Waals surface area (Å²) in [6.45, 7) is 0. The number of carbonyl (C=O) groups excluding carboxylic acids is 1. The molecule has 1 aromatic heterocycles. The topological polar surface area (TPSA) is 102 Å². The third kappa shape index (κ3) is 4.54. The number of non-ortho nitro benzene ring substituents is 1. The number of para-hydroxylation sites is 1. The monoisotopic (exact) mass is 411 g/mol. The van der Waals surface area contributed by atoms with E-state index in [4.69, 9.17) is 0 Å². The van der Waals surface area contributed by atoms with Gasteiger partial charge < -0.3 is 0 Å². The molecule has 152 valence electrons. The van der Waals surface area contributed by atoms with E-state index in [0.29, 0.717) is 22.4 Å². The molecule has 1 amide bonds. The number of aromatic nitrogens is 2. The van der Waals surface area contributed by atoms with Crippen molar-refractivity contribution in [3.05, 3.63) is 112 Å². The lowest BCUT2D eigenvalue weighted by molar-refractivity contribution is -0.384. The molecule has 0 aliphatic rings. The number of carbonyl (C=O) groups is 1. The Bertz CT molecular complexity index is 1250. The van der Waals surface area contributed by atoms with Crippen molar-refractivity contribution < 1.29 is 9.72 Å². The van der Waals surface area contributed by atoms with Crippen LogP contribution in [0.15, 0.2) is 96.2 Å². The zero-order chi connectivity index (χ0) is 21.6. The van der Waals surface area contributed by atoms with Crippen molar-refractivity contribution in [2.75, 3.05) is 0 Å². The Kier molecular flexibility index (Phi) is 5.62. The van der Waals surface area contributed by atoms with Gasteiger partial charge in [0.25, 0.3) is 11.6 Å². The van der Waals surface area contributed by atoms with E-state index < -0.39 is 4.92 Å². The molecule has 0 bridgehead atoms. The predicted molar refractivity (Wildman–Crippen MR) is 117 cm³/mol. The van der Waals surface area contributed by atoms with E-state index in [1.54, 1.807) is 47.3 Å². The highest BCUT2D eigenvalue weighted by atomic mass is 16.6. The molecule has 1 N–H and O–H groups in total. The summed E-state index contributed by atoms with van der Waals surface area (Å²) in [5, 5.41) is 19.8. The van der Waals surface area contributed by atoms with Crippen molar-refractivity contribution in [2.24, 2.45) is 5.10 Å². The van der Waals surface area contributed by atoms with Crippen LogP contribution in [0, 0.1) is 10.1 Å². The van der Waals surface area contributed by atoms with Crippen molar-refractivity contribution in [1.82, 2.24) is 15.2 Å². The minimum atomic E-state index is -0.453. The van der Waals surface area contributed by atoms with Crippen LogP contribution in [-0.2, 0) is 0 Å². The van der Waals surface area contributed by atoms with Gasteiger partial charge in [0.2, 0.25) is 0 Å². The Balaban J connectivity index is 1.68. The van der Waals surface area contributed by atoms with Gasteiger partial charge >= 0.3 is 0 Å². The third-order valence-corrected chi connectivity index (χ3v) is 4.50. The summed E-state index contributed by atoms with van der Waals surface area (Å²) in [5.41, 5.74) is 5.43. The van der Waals surface area contributed by atoms with Gasteiger partial charge in [-0.05, 0) is 24.3 Å². The summed E-state index contributed by atoms with van der Waals surface area (Å²) in [6.07, 6.45) is 3.23. The summed E-state index contributed by atoms with van der Waals surface area (Å²) < 4.78 is 1.66. The molecule has 0 aliphatic carbocycles. The Hall–Kier alpha value is -4.59. The lowest BCUT2D eigenvalue weighted by Crippen LogP contribution is -2.17. The summed E-state index contributed by atoms with van der Waals surface area (Å²) in [4.78, 5) is 22.9. The predicted octanol–water partition coefficient (Wildman–Crippen LogP) is 4.21. The number of nitrogens with zero attached hydrogens (tertiary/aromatic N) is 4. The first kappa shape index (κ1) is 19.7. The zero-order valence-electron chi connectivity index (χ0n) is 16.3. The number of benzene rings is 3. The van der Waals surface area contributed by atoms with Crippen molar-refractivity contribution in [2.45, 2.75) is 0 Å². The maximum Gasteiger partial charge on any atom is 0.271 e. The average Bonchev–Trinajstić information content (AvgIpc) is 3.24. The second-order valence-electron chi connectivity index (χ2n) is 6.59. The lowest BCUT2D eigenvalue weighted by atomic mass is 10.1. The summed E-state index contributed by atoms with van der Waals surface area (Å²) in [5.74, 6) is -0.343. The Morgan fingerprint density at radius 3 is 2.42 bits per heavy atom. The van der Waals surface area contributed by atoms with E-state index in [9.17, 15) is 14.9 Å². The summed E-state index contributed by atoms with van der Waals surface area (Å²) in [6, 6.07) is 24.4. The summed E-state index contributed by atoms with van der Waals surface area (Å²) in [7, 11) is 0. The van der Waals surface area contributed by atoms with E-state index in [1.165, 1.54) is 18.3 Å². The second kappa shape index (κ2) is 8.83. The molecule has 0 atom stereocenters. The molecule has 8 heteroatoms. The van der Waals surface area contributed by atoms with Crippen LogP contribution in [0.1, 0.15) is 15.9 Å². The summed E-state index contributed by atoms with van der Waals surface area (Å²) >= 11 is 0. The molecular formula is C23H17N5O3. The smallest absolute Gasteiger partial charge is 0.267 e. The van der Waals surface area contributed by atoms with Gasteiger partial charge in [0, 0.05) is 35.0 Å². The van der Waals surface area contributed by atoms with E-state index in [1.807, 2.05) is 36.4 Å². The number of nitro benzene ring substituents is 1. The standard InChI is InChI=1S/C23H17N5O3/c29-23(17-8-3-1-4-9-17)25-24-15-19-16-27(20-11-5-2-6-12-20)26-22(19)18-10-7-13-21(14-18)28(30)31/h1-16H,(H,25,29)/b24-15-. The number of hydrogen-bond acceptors (Lipinski definition) is 5. The Morgan fingerprint density at radius 1 is 1.00 bits per heavy atom. The number of nitrogens with one attached hydrogen (secondary N) is 1. The average molecular weight is 411 g/mol. The van der Waals surface area contributed by atoms with Gasteiger partial charge in [0.1, 0.15) is 5.69 Å². The van der Waals surface area contributed by atoms with Crippen molar-refractivity contribution in [3.63, 3.8) is 0 Å². The fourth-order valence-corrected chi connectivity index (χ4v) is 3.00. The van der Waals surface area contributed by atoms with Crippen LogP contribution >= 0.6 is 0 Å². The molecule has 4 aromatic rings. The molecule has 3 aromatic carbocycles. The molecule has 31 heavy (non-hydrogen) atoms. The molecule has 0 radical (unpaired) electrons. The molecule has 8 nitrogen and oxygen atoms in total. The van der Waals surface area contributed by atoms with Crippen LogP contribution in [0.3, 0.4) is 0 Å². The third-order valence-electron chi connectivity index (χ3n) is 4.50. The molecule has 0 unspecified atom stereocenters. The number of nitro groups is 1. The number of rotatable bonds is 6. The molecule has 0 fully saturated rings. The number of hydrogen-bond donors (Lipinski definition) is 1. The number of hydrazone groups is 1. The largest absolute Gasteiger partial charge is 0.271 e. The van der Waals surface area contributed by atoms with Crippen LogP contribution in [0.4, 0.5) is 5.69 Å². The molecule has 0 saturated carbocycles. The van der Waals surface area contributed by atoms with Gasteiger partial charge in [0.05, 0.1) is 16.8 Å². The van der Waals surface area contributed by atoms with Crippen molar-refractivity contribution in [3.8, 4) is 16.9 Å². The van der Waals surface area contributed by atoms with Crippen LogP contribution in [0.5, 0.6) is 0 Å². The molecule has 4 rings (SSSR count). The number of amides is 1. The van der Waals surface area contributed by atoms with E-state index in [-0.39, 0.29) is 11.6 Å². The van der Waals surface area contributed by atoms with E-state index in [2.05, 4.69) is 15.6 Å². The van der Waals surface area contributed by atoms with Crippen molar-refractivity contribution in [1.29, 1.82) is 0 Å². The molecule has 1 heterocycles. The van der Waals surface area contributed by atoms with Crippen LogP contribution in [0.25, 0.3) is 16.9 Å².